The molecule has 2 rings (SSSR count). The van der Waals surface area contributed by atoms with Gasteiger partial charge in [0.2, 0.25) is 10.0 Å². The summed E-state index contributed by atoms with van der Waals surface area (Å²) >= 11 is 1.32. The summed E-state index contributed by atoms with van der Waals surface area (Å²) < 4.78 is 27.2. The molecule has 6 heteroatoms. The summed E-state index contributed by atoms with van der Waals surface area (Å²) in [6, 6.07) is 0.0911. The zero-order valence-electron chi connectivity index (χ0n) is 12.1. The van der Waals surface area contributed by atoms with Crippen molar-refractivity contribution in [3.63, 3.8) is 0 Å². The average molecular weight is 317 g/mol. The minimum atomic E-state index is -3.50. The van der Waals surface area contributed by atoms with Crippen LogP contribution in [0.1, 0.15) is 49.0 Å². The number of aliphatic hydroxyl groups excluding tert-OH is 1. The van der Waals surface area contributed by atoms with Crippen molar-refractivity contribution >= 4 is 21.4 Å². The van der Waals surface area contributed by atoms with E-state index in [9.17, 15) is 13.5 Å². The number of thiophene rings is 1. The Hall–Kier alpha value is -0.430. The molecule has 1 saturated carbocycles. The van der Waals surface area contributed by atoms with Crippen LogP contribution >= 0.6 is 11.3 Å². The third-order valence-corrected chi connectivity index (χ3v) is 7.47. The maximum absolute atomic E-state index is 12.8. The summed E-state index contributed by atoms with van der Waals surface area (Å²) in [7, 11) is -1.82. The fraction of sp³-hybridized carbons (Fsp3) is 0.714. The SMILES string of the molecule is Cc1csc(CO)c1S(=O)(=O)N(C)C1CCCCCC1. The normalized spacial score (nSPS) is 18.4. The first kappa shape index (κ1) is 15.9. The Labute approximate surface area is 125 Å². The van der Waals surface area contributed by atoms with Gasteiger partial charge in [0, 0.05) is 13.1 Å². The molecule has 0 saturated heterocycles. The lowest BCUT2D eigenvalue weighted by Gasteiger charge is -2.27. The summed E-state index contributed by atoms with van der Waals surface area (Å²) in [6.07, 6.45) is 6.47. The van der Waals surface area contributed by atoms with Gasteiger partial charge in [0.25, 0.3) is 0 Å². The third-order valence-electron chi connectivity index (χ3n) is 4.11. The van der Waals surface area contributed by atoms with Gasteiger partial charge in [-0.3, -0.25) is 0 Å². The molecule has 4 nitrogen and oxygen atoms in total. The first-order valence-electron chi connectivity index (χ1n) is 7.14. The molecule has 1 heterocycles. The molecule has 0 aromatic carbocycles. The van der Waals surface area contributed by atoms with Gasteiger partial charge >= 0.3 is 0 Å². The lowest BCUT2D eigenvalue weighted by molar-refractivity contribution is 0.281. The van der Waals surface area contributed by atoms with Crippen LogP contribution in [0.25, 0.3) is 0 Å². The monoisotopic (exact) mass is 317 g/mol. The van der Waals surface area contributed by atoms with Crippen molar-refractivity contribution in [2.45, 2.75) is 63.0 Å². The Morgan fingerprint density at radius 3 is 2.45 bits per heavy atom. The summed E-state index contributed by atoms with van der Waals surface area (Å²) in [5.41, 5.74) is 0.736. The highest BCUT2D eigenvalue weighted by Crippen LogP contribution is 2.32. The highest BCUT2D eigenvalue weighted by atomic mass is 32.2. The van der Waals surface area contributed by atoms with Gasteiger partial charge in [0.1, 0.15) is 4.90 Å². The van der Waals surface area contributed by atoms with Gasteiger partial charge in [-0.05, 0) is 30.7 Å². The highest BCUT2D eigenvalue weighted by molar-refractivity contribution is 7.89. The molecule has 1 aliphatic carbocycles. The van der Waals surface area contributed by atoms with E-state index < -0.39 is 10.0 Å². The Bertz CT molecular complexity index is 543. The zero-order valence-corrected chi connectivity index (χ0v) is 13.8. The van der Waals surface area contributed by atoms with E-state index in [-0.39, 0.29) is 12.6 Å². The van der Waals surface area contributed by atoms with Gasteiger partial charge in [0.05, 0.1) is 11.5 Å². The number of aryl methyl sites for hydroxylation is 1. The van der Waals surface area contributed by atoms with Crippen molar-refractivity contribution in [3.05, 3.63) is 15.8 Å². The van der Waals surface area contributed by atoms with Gasteiger partial charge in [-0.25, -0.2) is 8.42 Å². The summed E-state index contributed by atoms with van der Waals surface area (Å²) in [5, 5.41) is 11.2. The van der Waals surface area contributed by atoms with Crippen molar-refractivity contribution in [1.29, 1.82) is 0 Å². The van der Waals surface area contributed by atoms with Crippen LogP contribution in [0.5, 0.6) is 0 Å². The average Bonchev–Trinajstić information content (AvgIpc) is 2.64. The highest BCUT2D eigenvalue weighted by Gasteiger charge is 2.32. The van der Waals surface area contributed by atoms with E-state index >= 15 is 0 Å². The lowest BCUT2D eigenvalue weighted by atomic mass is 10.1. The summed E-state index contributed by atoms with van der Waals surface area (Å²) in [5.74, 6) is 0. The van der Waals surface area contributed by atoms with Crippen LogP contribution in [0.3, 0.4) is 0 Å². The van der Waals surface area contributed by atoms with Crippen LogP contribution in [0.2, 0.25) is 0 Å². The predicted octanol–water partition coefficient (Wildman–Crippen LogP) is 2.89. The smallest absolute Gasteiger partial charge is 0.244 e. The lowest BCUT2D eigenvalue weighted by Crippen LogP contribution is -2.37. The van der Waals surface area contributed by atoms with Crippen LogP contribution in [0.15, 0.2) is 10.3 Å². The van der Waals surface area contributed by atoms with E-state index in [1.54, 1.807) is 19.4 Å². The largest absolute Gasteiger partial charge is 0.391 e. The topological polar surface area (TPSA) is 57.6 Å². The summed E-state index contributed by atoms with van der Waals surface area (Å²) in [6.45, 7) is 1.58. The van der Waals surface area contributed by atoms with E-state index in [2.05, 4.69) is 0 Å². The standard InChI is InChI=1S/C14H23NO3S2/c1-11-10-19-13(9-16)14(11)20(17,18)15(2)12-7-5-3-4-6-8-12/h10,12,16H,3-9H2,1-2H3. The van der Waals surface area contributed by atoms with Gasteiger partial charge in [-0.15, -0.1) is 11.3 Å². The van der Waals surface area contributed by atoms with Crippen molar-refractivity contribution in [1.82, 2.24) is 4.31 Å². The number of hydrogen-bond acceptors (Lipinski definition) is 4. The molecule has 1 aliphatic rings. The van der Waals surface area contributed by atoms with Crippen molar-refractivity contribution in [3.8, 4) is 0 Å². The molecule has 114 valence electrons. The first-order valence-corrected chi connectivity index (χ1v) is 9.46. The van der Waals surface area contributed by atoms with Crippen molar-refractivity contribution in [2.24, 2.45) is 0 Å². The second-order valence-electron chi connectivity index (χ2n) is 5.50. The van der Waals surface area contributed by atoms with Gasteiger partial charge in [-0.2, -0.15) is 4.31 Å². The second kappa shape index (κ2) is 6.56. The van der Waals surface area contributed by atoms with E-state index in [1.165, 1.54) is 28.5 Å². The maximum atomic E-state index is 12.8. The minimum Gasteiger partial charge on any atom is -0.391 e. The number of hydrogen-bond donors (Lipinski definition) is 1. The van der Waals surface area contributed by atoms with Crippen LogP contribution < -0.4 is 0 Å². The van der Waals surface area contributed by atoms with Crippen LogP contribution in [-0.2, 0) is 16.6 Å². The third kappa shape index (κ3) is 3.08. The first-order chi connectivity index (χ1) is 9.48. The van der Waals surface area contributed by atoms with Gasteiger partial charge in [0.15, 0.2) is 0 Å². The van der Waals surface area contributed by atoms with E-state index in [4.69, 9.17) is 0 Å². The molecule has 1 aromatic rings. The predicted molar refractivity (Wildman–Crippen MR) is 81.4 cm³/mol. The molecule has 0 bridgehead atoms. The molecule has 0 unspecified atom stereocenters. The van der Waals surface area contributed by atoms with E-state index in [0.29, 0.717) is 9.77 Å². The van der Waals surface area contributed by atoms with Crippen molar-refractivity contribution < 1.29 is 13.5 Å². The van der Waals surface area contributed by atoms with Crippen LogP contribution in [0, 0.1) is 6.92 Å². The van der Waals surface area contributed by atoms with Gasteiger partial charge in [-0.1, -0.05) is 25.7 Å². The molecule has 0 amide bonds. The maximum Gasteiger partial charge on any atom is 0.244 e. The molecule has 0 aliphatic heterocycles. The second-order valence-corrected chi connectivity index (χ2v) is 8.39. The molecule has 1 fully saturated rings. The quantitative estimate of drug-likeness (QED) is 0.869. The minimum absolute atomic E-state index is 0.0911. The molecule has 0 spiro atoms. The number of nitrogens with zero attached hydrogens (tertiary/aromatic N) is 1. The molecular formula is C14H23NO3S2. The fourth-order valence-corrected chi connectivity index (χ4v) is 5.93. The number of rotatable bonds is 4. The van der Waals surface area contributed by atoms with Gasteiger partial charge < -0.3 is 5.11 Å². The number of aliphatic hydroxyl groups is 1. The Morgan fingerprint density at radius 2 is 1.90 bits per heavy atom. The molecule has 0 atom stereocenters. The Kier molecular flexibility index (Phi) is 5.23. The van der Waals surface area contributed by atoms with Crippen LogP contribution in [-0.4, -0.2) is 30.9 Å². The Morgan fingerprint density at radius 1 is 1.30 bits per heavy atom. The van der Waals surface area contributed by atoms with Crippen LogP contribution in [0.4, 0.5) is 0 Å². The molecule has 1 aromatic heterocycles. The molecule has 1 N–H and O–H groups in total. The van der Waals surface area contributed by atoms with Crippen molar-refractivity contribution in [2.75, 3.05) is 7.05 Å². The molecule has 20 heavy (non-hydrogen) atoms. The molecular weight excluding hydrogens is 294 g/mol. The van der Waals surface area contributed by atoms with E-state index in [1.807, 2.05) is 0 Å². The fourth-order valence-electron chi connectivity index (χ4n) is 2.90. The van der Waals surface area contributed by atoms with E-state index in [0.717, 1.165) is 31.2 Å². The summed E-state index contributed by atoms with van der Waals surface area (Å²) in [4.78, 5) is 0.861. The number of sulfonamides is 1. The Balaban J connectivity index is 2.31. The molecule has 0 radical (unpaired) electrons. The zero-order chi connectivity index (χ0) is 14.8.